The molecule has 1 unspecified atom stereocenters. The Bertz CT molecular complexity index is 631. The van der Waals surface area contributed by atoms with Gasteiger partial charge in [0.15, 0.2) is 0 Å². The molecule has 0 aromatic heterocycles. The van der Waals surface area contributed by atoms with Crippen LogP contribution in [0.15, 0.2) is 27.6 Å². The summed E-state index contributed by atoms with van der Waals surface area (Å²) < 4.78 is 26.7. The molecule has 9 heteroatoms. The minimum Gasteiger partial charge on any atom is -0.326 e. The molecule has 0 amide bonds. The molecule has 1 atom stereocenters. The van der Waals surface area contributed by atoms with Gasteiger partial charge in [0.05, 0.1) is 14.3 Å². The molecule has 1 aliphatic rings. The first-order valence-corrected chi connectivity index (χ1v) is 8.28. The van der Waals surface area contributed by atoms with Crippen molar-refractivity contribution in [3.05, 3.63) is 32.8 Å². The van der Waals surface area contributed by atoms with Crippen LogP contribution in [0.5, 0.6) is 0 Å². The third kappa shape index (κ3) is 3.54. The molecule has 1 aliphatic carbocycles. The Kier molecular flexibility index (Phi) is 4.43. The van der Waals surface area contributed by atoms with Gasteiger partial charge in [-0.3, -0.25) is 10.1 Å². The number of nitrogens with one attached hydrogen (secondary N) is 1. The van der Waals surface area contributed by atoms with Crippen molar-refractivity contribution in [1.29, 1.82) is 0 Å². The highest BCUT2D eigenvalue weighted by molar-refractivity contribution is 9.10. The maximum absolute atomic E-state index is 12.1. The monoisotopic (exact) mass is 363 g/mol. The Morgan fingerprint density at radius 1 is 1.50 bits per heavy atom. The van der Waals surface area contributed by atoms with Gasteiger partial charge in [0.2, 0.25) is 10.0 Å². The number of rotatable bonds is 6. The van der Waals surface area contributed by atoms with Crippen molar-refractivity contribution < 1.29 is 13.3 Å². The molecule has 3 N–H and O–H groups in total. The zero-order chi connectivity index (χ0) is 14.9. The van der Waals surface area contributed by atoms with Crippen LogP contribution in [0.2, 0.25) is 0 Å². The largest absolute Gasteiger partial charge is 0.326 e. The third-order valence-electron chi connectivity index (χ3n) is 3.16. The maximum atomic E-state index is 12.1. The minimum absolute atomic E-state index is 0.0297. The fourth-order valence-corrected chi connectivity index (χ4v) is 3.56. The summed E-state index contributed by atoms with van der Waals surface area (Å²) in [4.78, 5) is 10.1. The van der Waals surface area contributed by atoms with Gasteiger partial charge >= 0.3 is 0 Å². The van der Waals surface area contributed by atoms with Gasteiger partial charge in [-0.05, 0) is 46.8 Å². The highest BCUT2D eigenvalue weighted by Crippen LogP contribution is 2.31. The normalized spacial score (nSPS) is 16.9. The Morgan fingerprint density at radius 2 is 2.15 bits per heavy atom. The molecule has 1 aromatic carbocycles. The van der Waals surface area contributed by atoms with Crippen LogP contribution in [0.4, 0.5) is 5.69 Å². The van der Waals surface area contributed by atoms with Crippen molar-refractivity contribution in [1.82, 2.24) is 4.72 Å². The Hall–Kier alpha value is -1.03. The first-order valence-electron chi connectivity index (χ1n) is 6.00. The van der Waals surface area contributed by atoms with E-state index >= 15 is 0 Å². The molecule has 0 spiro atoms. The lowest BCUT2D eigenvalue weighted by Gasteiger charge is -2.12. The first-order chi connectivity index (χ1) is 9.31. The van der Waals surface area contributed by atoms with E-state index in [0.717, 1.165) is 18.9 Å². The molecular weight excluding hydrogens is 350 g/mol. The van der Waals surface area contributed by atoms with Gasteiger partial charge < -0.3 is 5.73 Å². The van der Waals surface area contributed by atoms with Crippen molar-refractivity contribution in [2.75, 3.05) is 6.54 Å². The van der Waals surface area contributed by atoms with Crippen molar-refractivity contribution in [2.24, 2.45) is 11.7 Å². The van der Waals surface area contributed by atoms with E-state index < -0.39 is 14.9 Å². The minimum atomic E-state index is -3.71. The number of benzene rings is 1. The quantitative estimate of drug-likeness (QED) is 0.584. The Balaban J connectivity index is 2.12. The van der Waals surface area contributed by atoms with Crippen LogP contribution < -0.4 is 10.5 Å². The molecule has 1 fully saturated rings. The van der Waals surface area contributed by atoms with Gasteiger partial charge in [-0.1, -0.05) is 0 Å². The van der Waals surface area contributed by atoms with E-state index in [1.165, 1.54) is 12.1 Å². The molecule has 20 heavy (non-hydrogen) atoms. The van der Waals surface area contributed by atoms with Gasteiger partial charge in [0, 0.05) is 18.7 Å². The lowest BCUT2D eigenvalue weighted by atomic mass is 10.2. The number of hydrogen-bond acceptors (Lipinski definition) is 5. The third-order valence-corrected chi connectivity index (χ3v) is 5.22. The molecule has 0 heterocycles. The molecular formula is C11H14BrN3O4S. The van der Waals surface area contributed by atoms with Crippen LogP contribution in [0.1, 0.15) is 12.8 Å². The van der Waals surface area contributed by atoms with E-state index in [9.17, 15) is 18.5 Å². The van der Waals surface area contributed by atoms with E-state index in [2.05, 4.69) is 20.7 Å². The topological polar surface area (TPSA) is 115 Å². The highest BCUT2D eigenvalue weighted by Gasteiger charge is 2.29. The van der Waals surface area contributed by atoms with Crippen molar-refractivity contribution >= 4 is 31.6 Å². The summed E-state index contributed by atoms with van der Waals surface area (Å²) in [5.74, 6) is 0.390. The molecule has 0 radical (unpaired) electrons. The predicted molar refractivity (Wildman–Crippen MR) is 76.7 cm³/mol. The van der Waals surface area contributed by atoms with Crippen LogP contribution >= 0.6 is 15.9 Å². The average molecular weight is 364 g/mol. The highest BCUT2D eigenvalue weighted by atomic mass is 79.9. The second-order valence-corrected chi connectivity index (χ2v) is 7.34. The second kappa shape index (κ2) is 5.76. The molecule has 1 saturated carbocycles. The molecule has 1 aromatic rings. The molecule has 0 bridgehead atoms. The van der Waals surface area contributed by atoms with Crippen molar-refractivity contribution in [3.8, 4) is 0 Å². The summed E-state index contributed by atoms with van der Waals surface area (Å²) in [5.41, 5.74) is 5.65. The Labute approximate surface area is 124 Å². The number of nitro groups is 1. The number of nitrogens with zero attached hydrogens (tertiary/aromatic N) is 1. The smallest absolute Gasteiger partial charge is 0.283 e. The lowest BCUT2D eigenvalue weighted by Crippen LogP contribution is -2.38. The van der Waals surface area contributed by atoms with Crippen molar-refractivity contribution in [2.45, 2.75) is 23.8 Å². The summed E-state index contributed by atoms with van der Waals surface area (Å²) in [6, 6.07) is 3.38. The Morgan fingerprint density at radius 3 is 2.65 bits per heavy atom. The van der Waals surface area contributed by atoms with Gasteiger partial charge in [-0.15, -0.1) is 0 Å². The van der Waals surface area contributed by atoms with Crippen LogP contribution in [0.3, 0.4) is 0 Å². The van der Waals surface area contributed by atoms with Gasteiger partial charge in [0.25, 0.3) is 5.69 Å². The summed E-state index contributed by atoms with van der Waals surface area (Å²) >= 11 is 2.99. The van der Waals surface area contributed by atoms with Gasteiger partial charge in [0.1, 0.15) is 0 Å². The second-order valence-electron chi connectivity index (χ2n) is 4.72. The van der Waals surface area contributed by atoms with Crippen LogP contribution in [-0.2, 0) is 10.0 Å². The van der Waals surface area contributed by atoms with Gasteiger partial charge in [-0.2, -0.15) is 0 Å². The van der Waals surface area contributed by atoms with Gasteiger partial charge in [-0.25, -0.2) is 13.1 Å². The number of hydrogen-bond donors (Lipinski definition) is 2. The SMILES string of the molecule is NC(CNS(=O)(=O)c1ccc([N+](=O)[O-])c(Br)c1)C1CC1. The zero-order valence-corrected chi connectivity index (χ0v) is 12.9. The van der Waals surface area contributed by atoms with Crippen LogP contribution in [0.25, 0.3) is 0 Å². The summed E-state index contributed by atoms with van der Waals surface area (Å²) in [6.45, 7) is 0.168. The standard InChI is InChI=1S/C11H14BrN3O4S/c12-9-5-8(3-4-11(9)15(16)17)20(18,19)14-6-10(13)7-1-2-7/h3-5,7,10,14H,1-2,6,13H2. The van der Waals surface area contributed by atoms with E-state index in [4.69, 9.17) is 5.73 Å². The number of halogens is 1. The number of nitrogens with two attached hydrogens (primary N) is 1. The molecule has 2 rings (SSSR count). The lowest BCUT2D eigenvalue weighted by molar-refractivity contribution is -0.385. The number of sulfonamides is 1. The average Bonchev–Trinajstić information content (AvgIpc) is 3.19. The summed E-state index contributed by atoms with van der Waals surface area (Å²) in [7, 11) is -3.71. The maximum Gasteiger partial charge on any atom is 0.283 e. The van der Waals surface area contributed by atoms with Crippen LogP contribution in [0, 0.1) is 16.0 Å². The summed E-state index contributed by atoms with van der Waals surface area (Å²) in [5, 5.41) is 10.7. The van der Waals surface area contributed by atoms with Crippen molar-refractivity contribution in [3.63, 3.8) is 0 Å². The molecule has 0 saturated heterocycles. The fraction of sp³-hybridized carbons (Fsp3) is 0.455. The van der Waals surface area contributed by atoms with Crippen LogP contribution in [-0.4, -0.2) is 25.9 Å². The van der Waals surface area contributed by atoms with E-state index in [1.807, 2.05) is 0 Å². The van der Waals surface area contributed by atoms with E-state index in [0.29, 0.717) is 5.92 Å². The zero-order valence-electron chi connectivity index (χ0n) is 10.5. The summed E-state index contributed by atoms with van der Waals surface area (Å²) in [6.07, 6.45) is 2.07. The fourth-order valence-electron chi connectivity index (χ4n) is 1.78. The van der Waals surface area contributed by atoms with E-state index in [-0.39, 0.29) is 27.6 Å². The molecule has 110 valence electrons. The number of nitro benzene ring substituents is 1. The van der Waals surface area contributed by atoms with E-state index in [1.54, 1.807) is 0 Å². The molecule has 7 nitrogen and oxygen atoms in total. The first kappa shape index (κ1) is 15.4. The predicted octanol–water partition coefficient (Wildman–Crippen LogP) is 1.37. The molecule has 0 aliphatic heterocycles.